The van der Waals surface area contributed by atoms with Crippen LogP contribution in [0.25, 0.3) is 0 Å². The zero-order chi connectivity index (χ0) is 18.1. The third kappa shape index (κ3) is 3.82. The fourth-order valence-electron chi connectivity index (χ4n) is 3.57. The molecule has 0 atom stereocenters. The highest BCUT2D eigenvalue weighted by Crippen LogP contribution is 2.37. The van der Waals surface area contributed by atoms with E-state index in [0.717, 1.165) is 63.4 Å². The van der Waals surface area contributed by atoms with Gasteiger partial charge in [-0.3, -0.25) is 4.90 Å². The molecule has 2 fully saturated rings. The number of likely N-dealkylation sites (tertiary alicyclic amines) is 1. The average Bonchev–Trinajstić information content (AvgIpc) is 3.32. The normalized spacial score (nSPS) is 19.7. The first-order chi connectivity index (χ1) is 12.5. The second-order valence-corrected chi connectivity index (χ2v) is 6.90. The van der Waals surface area contributed by atoms with Crippen molar-refractivity contribution in [1.82, 2.24) is 20.0 Å². The van der Waals surface area contributed by atoms with E-state index in [0.29, 0.717) is 5.82 Å². The van der Waals surface area contributed by atoms with Gasteiger partial charge in [-0.1, -0.05) is 5.16 Å². The molecular formula is C17H20F3N5O. The van der Waals surface area contributed by atoms with Gasteiger partial charge in [-0.15, -0.1) is 0 Å². The summed E-state index contributed by atoms with van der Waals surface area (Å²) in [7, 11) is 0. The van der Waals surface area contributed by atoms with Crippen LogP contribution in [0.5, 0.6) is 0 Å². The Labute approximate surface area is 149 Å². The maximum Gasteiger partial charge on any atom is 0.433 e. The molecule has 2 aromatic rings. The van der Waals surface area contributed by atoms with Gasteiger partial charge in [0.25, 0.3) is 0 Å². The van der Waals surface area contributed by atoms with Gasteiger partial charge in [0, 0.05) is 43.9 Å². The summed E-state index contributed by atoms with van der Waals surface area (Å²) in [5.74, 6) is 0.393. The van der Waals surface area contributed by atoms with Gasteiger partial charge in [0.1, 0.15) is 24.1 Å². The maximum absolute atomic E-state index is 13.0. The van der Waals surface area contributed by atoms with E-state index in [9.17, 15) is 13.2 Å². The van der Waals surface area contributed by atoms with Gasteiger partial charge in [0.05, 0.1) is 5.69 Å². The van der Waals surface area contributed by atoms with Crippen LogP contribution in [-0.2, 0) is 12.7 Å². The molecular weight excluding hydrogens is 347 g/mol. The topological polar surface area (TPSA) is 58.3 Å². The zero-order valence-electron chi connectivity index (χ0n) is 14.2. The van der Waals surface area contributed by atoms with Crippen molar-refractivity contribution >= 4 is 5.82 Å². The number of hydrogen-bond acceptors (Lipinski definition) is 6. The van der Waals surface area contributed by atoms with Crippen molar-refractivity contribution in [2.24, 2.45) is 0 Å². The summed E-state index contributed by atoms with van der Waals surface area (Å²) in [6.07, 6.45) is 1.92. The lowest BCUT2D eigenvalue weighted by Crippen LogP contribution is -2.46. The number of aromatic nitrogens is 3. The predicted octanol–water partition coefficient (Wildman–Crippen LogP) is 3.12. The van der Waals surface area contributed by atoms with E-state index in [2.05, 4.69) is 24.9 Å². The van der Waals surface area contributed by atoms with E-state index >= 15 is 0 Å². The first kappa shape index (κ1) is 17.3. The molecule has 0 N–H and O–H groups in total. The molecule has 9 heteroatoms. The summed E-state index contributed by atoms with van der Waals surface area (Å²) in [5.41, 5.74) is 0.0183. The second-order valence-electron chi connectivity index (χ2n) is 6.90. The molecule has 1 saturated heterocycles. The number of nitrogens with zero attached hydrogens (tertiary/aromatic N) is 5. The Morgan fingerprint density at radius 2 is 1.85 bits per heavy atom. The maximum atomic E-state index is 13.0. The third-order valence-corrected chi connectivity index (χ3v) is 4.98. The highest BCUT2D eigenvalue weighted by atomic mass is 19.4. The summed E-state index contributed by atoms with van der Waals surface area (Å²) in [6.45, 7) is 2.48. The smallest absolute Gasteiger partial charge is 0.364 e. The van der Waals surface area contributed by atoms with Crippen molar-refractivity contribution in [2.75, 3.05) is 18.0 Å². The Morgan fingerprint density at radius 1 is 1.12 bits per heavy atom. The molecule has 0 radical (unpaired) electrons. The van der Waals surface area contributed by atoms with E-state index in [1.807, 2.05) is 6.07 Å². The molecule has 0 bridgehead atoms. The van der Waals surface area contributed by atoms with Crippen molar-refractivity contribution < 1.29 is 17.7 Å². The molecule has 1 saturated carbocycles. The zero-order valence-corrected chi connectivity index (χ0v) is 14.2. The van der Waals surface area contributed by atoms with Crippen molar-refractivity contribution in [3.8, 4) is 0 Å². The van der Waals surface area contributed by atoms with Crippen LogP contribution in [0.4, 0.5) is 19.0 Å². The number of piperidine rings is 1. The van der Waals surface area contributed by atoms with Crippen molar-refractivity contribution in [3.63, 3.8) is 0 Å². The largest absolute Gasteiger partial charge is 0.433 e. The first-order valence-electron chi connectivity index (χ1n) is 8.80. The van der Waals surface area contributed by atoms with Crippen LogP contribution in [0.15, 0.2) is 29.2 Å². The van der Waals surface area contributed by atoms with Gasteiger partial charge in [-0.05, 0) is 25.7 Å². The van der Waals surface area contributed by atoms with E-state index < -0.39 is 11.9 Å². The van der Waals surface area contributed by atoms with Crippen LogP contribution in [0.1, 0.15) is 37.1 Å². The van der Waals surface area contributed by atoms with Crippen LogP contribution in [0.3, 0.4) is 0 Å². The molecule has 4 rings (SSSR count). The molecule has 1 aliphatic carbocycles. The standard InChI is InChI=1S/C17H20F3N5O/c18-17(19,20)15-9-16(22-11-21-15)25(13-1-2-13)14-3-6-24(7-4-14)10-12-5-8-26-23-12/h5,8-9,11,13-14H,1-4,6-7,10H2. The van der Waals surface area contributed by atoms with Gasteiger partial charge < -0.3 is 9.42 Å². The van der Waals surface area contributed by atoms with Crippen LogP contribution in [0, 0.1) is 0 Å². The molecule has 140 valence electrons. The van der Waals surface area contributed by atoms with E-state index in [1.54, 1.807) is 6.26 Å². The lowest BCUT2D eigenvalue weighted by Gasteiger charge is -2.39. The minimum Gasteiger partial charge on any atom is -0.364 e. The number of alkyl halides is 3. The van der Waals surface area contributed by atoms with Gasteiger partial charge in [0.2, 0.25) is 0 Å². The summed E-state index contributed by atoms with van der Waals surface area (Å²) in [5, 5.41) is 3.93. The second kappa shape index (κ2) is 6.86. The lowest BCUT2D eigenvalue weighted by molar-refractivity contribution is -0.141. The molecule has 0 spiro atoms. The van der Waals surface area contributed by atoms with E-state index in [1.165, 1.54) is 0 Å². The molecule has 2 aliphatic rings. The van der Waals surface area contributed by atoms with E-state index in [-0.39, 0.29) is 12.1 Å². The van der Waals surface area contributed by atoms with Crippen LogP contribution in [0.2, 0.25) is 0 Å². The summed E-state index contributed by atoms with van der Waals surface area (Å²) in [4.78, 5) is 11.9. The first-order valence-corrected chi connectivity index (χ1v) is 8.80. The van der Waals surface area contributed by atoms with Crippen molar-refractivity contribution in [3.05, 3.63) is 36.1 Å². The Morgan fingerprint density at radius 3 is 2.46 bits per heavy atom. The number of anilines is 1. The Kier molecular flexibility index (Phi) is 4.56. The molecule has 1 aliphatic heterocycles. The fourth-order valence-corrected chi connectivity index (χ4v) is 3.57. The minimum atomic E-state index is -4.45. The molecule has 0 aromatic carbocycles. The van der Waals surface area contributed by atoms with Crippen molar-refractivity contribution in [1.29, 1.82) is 0 Å². The quantitative estimate of drug-likeness (QED) is 0.809. The monoisotopic (exact) mass is 367 g/mol. The number of rotatable bonds is 5. The molecule has 0 amide bonds. The summed E-state index contributed by atoms with van der Waals surface area (Å²) in [6, 6.07) is 3.42. The molecule has 0 unspecified atom stereocenters. The lowest BCUT2D eigenvalue weighted by atomic mass is 10.0. The van der Waals surface area contributed by atoms with Crippen molar-refractivity contribution in [2.45, 2.75) is 50.5 Å². The SMILES string of the molecule is FC(F)(F)c1cc(N(C2CC2)C2CCN(Cc3ccon3)CC2)ncn1. The summed E-state index contributed by atoms with van der Waals surface area (Å²) < 4.78 is 43.8. The molecule has 6 nitrogen and oxygen atoms in total. The van der Waals surface area contributed by atoms with Gasteiger partial charge >= 0.3 is 6.18 Å². The molecule has 2 aromatic heterocycles. The van der Waals surface area contributed by atoms with Gasteiger partial charge in [0.15, 0.2) is 0 Å². The Bertz CT molecular complexity index is 724. The average molecular weight is 367 g/mol. The summed E-state index contributed by atoms with van der Waals surface area (Å²) >= 11 is 0. The highest BCUT2D eigenvalue weighted by molar-refractivity contribution is 5.44. The van der Waals surface area contributed by atoms with Gasteiger partial charge in [-0.2, -0.15) is 13.2 Å². The Hall–Kier alpha value is -2.16. The third-order valence-electron chi connectivity index (χ3n) is 4.98. The molecule has 26 heavy (non-hydrogen) atoms. The number of halogens is 3. The molecule has 3 heterocycles. The highest BCUT2D eigenvalue weighted by Gasteiger charge is 2.38. The van der Waals surface area contributed by atoms with Crippen LogP contribution < -0.4 is 4.90 Å². The number of hydrogen-bond donors (Lipinski definition) is 0. The van der Waals surface area contributed by atoms with Gasteiger partial charge in [-0.25, -0.2) is 9.97 Å². The van der Waals surface area contributed by atoms with Crippen LogP contribution in [-0.4, -0.2) is 45.2 Å². The fraction of sp³-hybridized carbons (Fsp3) is 0.588. The predicted molar refractivity (Wildman–Crippen MR) is 87.3 cm³/mol. The van der Waals surface area contributed by atoms with E-state index in [4.69, 9.17) is 4.52 Å². The Balaban J connectivity index is 1.45. The van der Waals surface area contributed by atoms with Crippen LogP contribution >= 0.6 is 0 Å². The minimum absolute atomic E-state index is 0.201.